The van der Waals surface area contributed by atoms with Crippen LogP contribution in [0, 0.1) is 0 Å². The van der Waals surface area contributed by atoms with E-state index in [9.17, 15) is 4.79 Å². The van der Waals surface area contributed by atoms with Crippen molar-refractivity contribution >= 4 is 5.97 Å². The van der Waals surface area contributed by atoms with Crippen LogP contribution in [-0.4, -0.2) is 87.7 Å². The van der Waals surface area contributed by atoms with Crippen LogP contribution < -0.4 is 0 Å². The smallest absolute Gasteiger partial charge is 0.303 e. The predicted octanol–water partition coefficient (Wildman–Crippen LogP) is 9.17. The molecular weight excluding hydrogens is 877 g/mol. The van der Waals surface area contributed by atoms with Crippen LogP contribution in [0.2, 0.25) is 0 Å². The molecule has 362 valence electrons. The first-order valence-corrected chi connectivity index (χ1v) is 23.5. The maximum Gasteiger partial charge on any atom is 0.303 e. The Morgan fingerprint density at radius 2 is 0.696 bits per heavy atom. The van der Waals surface area contributed by atoms with Gasteiger partial charge in [-0.05, 0) is 33.4 Å². The number of benzene rings is 6. The molecule has 69 heavy (non-hydrogen) atoms. The molecule has 2 heterocycles. The van der Waals surface area contributed by atoms with Gasteiger partial charge in [-0.1, -0.05) is 182 Å². The van der Waals surface area contributed by atoms with E-state index < -0.39 is 67.4 Å². The van der Waals surface area contributed by atoms with Crippen molar-refractivity contribution in [2.24, 2.45) is 0 Å². The van der Waals surface area contributed by atoms with E-state index in [1.165, 1.54) is 6.92 Å². The molecule has 0 aliphatic carbocycles. The fourth-order valence-corrected chi connectivity index (χ4v) is 8.51. The third kappa shape index (κ3) is 14.7. The molecule has 0 unspecified atom stereocenters. The maximum absolute atomic E-state index is 12.9. The van der Waals surface area contributed by atoms with E-state index in [1.54, 1.807) is 7.11 Å². The summed E-state index contributed by atoms with van der Waals surface area (Å²) in [5.74, 6) is -0.503. The van der Waals surface area contributed by atoms with Crippen LogP contribution in [0.3, 0.4) is 0 Å². The van der Waals surface area contributed by atoms with E-state index in [2.05, 4.69) is 0 Å². The molecule has 8 rings (SSSR count). The van der Waals surface area contributed by atoms with Gasteiger partial charge >= 0.3 is 5.97 Å². The van der Waals surface area contributed by atoms with Crippen molar-refractivity contribution in [3.05, 3.63) is 215 Å². The number of esters is 1. The highest BCUT2D eigenvalue weighted by molar-refractivity contribution is 5.66. The normalized spacial score (nSPS) is 24.7. The Morgan fingerprint density at radius 1 is 0.377 bits per heavy atom. The third-order valence-electron chi connectivity index (χ3n) is 12.0. The fourth-order valence-electron chi connectivity index (χ4n) is 8.51. The van der Waals surface area contributed by atoms with Crippen LogP contribution in [0.4, 0.5) is 0 Å². The molecule has 2 saturated heterocycles. The minimum absolute atomic E-state index is 0.0492. The minimum Gasteiger partial charge on any atom is -0.457 e. The Kier molecular flexibility index (Phi) is 19.0. The average Bonchev–Trinajstić information content (AvgIpc) is 3.39. The second-order valence-corrected chi connectivity index (χ2v) is 17.0. The SMILES string of the molecule is CO[C@H]1O[C@H](CO[C@@H]2O[C@H](COCc3ccccc3)[C@H](OC(C)=O)[C@H](OCc3ccccc3)[C@H]2OCc2ccccc2)[C@@H](OCc2ccccc2)[C@H](OCc2ccccc2)[C@H]1OCc1ccccc1. The molecule has 0 saturated carbocycles. The van der Waals surface area contributed by atoms with Crippen molar-refractivity contribution in [1.29, 1.82) is 0 Å². The van der Waals surface area contributed by atoms with Crippen molar-refractivity contribution in [3.63, 3.8) is 0 Å². The number of hydrogen-bond donors (Lipinski definition) is 0. The summed E-state index contributed by atoms with van der Waals surface area (Å²) in [5, 5.41) is 0. The second-order valence-electron chi connectivity index (χ2n) is 17.0. The van der Waals surface area contributed by atoms with Gasteiger partial charge in [-0.2, -0.15) is 0 Å². The molecule has 12 heteroatoms. The summed E-state index contributed by atoms with van der Waals surface area (Å²) in [6.07, 6.45) is -8.45. The highest BCUT2D eigenvalue weighted by Crippen LogP contribution is 2.35. The molecule has 6 aromatic rings. The Hall–Kier alpha value is -5.61. The van der Waals surface area contributed by atoms with Gasteiger partial charge in [0, 0.05) is 14.0 Å². The quantitative estimate of drug-likeness (QED) is 0.0539. The molecule has 0 spiro atoms. The van der Waals surface area contributed by atoms with Gasteiger partial charge in [0.15, 0.2) is 18.7 Å². The summed E-state index contributed by atoms with van der Waals surface area (Å²) in [6, 6.07) is 59.3. The zero-order valence-corrected chi connectivity index (χ0v) is 39.1. The number of methoxy groups -OCH3 is 1. The Labute approximate surface area is 405 Å². The minimum atomic E-state index is -1.08. The largest absolute Gasteiger partial charge is 0.457 e. The molecule has 2 aliphatic rings. The van der Waals surface area contributed by atoms with E-state index >= 15 is 0 Å². The van der Waals surface area contributed by atoms with Gasteiger partial charge in [-0.25, -0.2) is 0 Å². The highest BCUT2D eigenvalue weighted by atomic mass is 16.8. The predicted molar refractivity (Wildman–Crippen MR) is 257 cm³/mol. The van der Waals surface area contributed by atoms with E-state index in [4.69, 9.17) is 52.1 Å². The van der Waals surface area contributed by atoms with E-state index in [0.29, 0.717) is 6.61 Å². The lowest BCUT2D eigenvalue weighted by Gasteiger charge is -2.47. The first-order chi connectivity index (χ1) is 34.0. The average molecular weight is 939 g/mol. The zero-order chi connectivity index (χ0) is 47.5. The molecule has 2 fully saturated rings. The lowest BCUT2D eigenvalue weighted by atomic mass is 9.97. The Morgan fingerprint density at radius 3 is 1.09 bits per heavy atom. The first kappa shape index (κ1) is 49.8. The van der Waals surface area contributed by atoms with Crippen LogP contribution >= 0.6 is 0 Å². The van der Waals surface area contributed by atoms with Gasteiger partial charge in [0.05, 0.1) is 52.9 Å². The van der Waals surface area contributed by atoms with Crippen molar-refractivity contribution in [3.8, 4) is 0 Å². The maximum atomic E-state index is 12.9. The highest BCUT2D eigenvalue weighted by Gasteiger charge is 2.53. The summed E-state index contributed by atoms with van der Waals surface area (Å²) in [7, 11) is 1.59. The number of carbonyl (C=O) groups excluding carboxylic acids is 1. The molecule has 10 atom stereocenters. The summed E-state index contributed by atoms with van der Waals surface area (Å²) in [5.41, 5.74) is 5.75. The van der Waals surface area contributed by atoms with Crippen molar-refractivity contribution in [2.45, 2.75) is 108 Å². The Bertz CT molecular complexity index is 2350. The molecule has 0 radical (unpaired) electrons. The number of hydrogen-bond acceptors (Lipinski definition) is 12. The molecule has 6 aromatic carbocycles. The van der Waals surface area contributed by atoms with Gasteiger partial charge in [0.2, 0.25) is 0 Å². The van der Waals surface area contributed by atoms with Crippen molar-refractivity contribution < 1.29 is 56.9 Å². The van der Waals surface area contributed by atoms with Crippen molar-refractivity contribution in [1.82, 2.24) is 0 Å². The van der Waals surface area contributed by atoms with Crippen LogP contribution in [-0.2, 0) is 96.5 Å². The monoisotopic (exact) mass is 938 g/mol. The Balaban J connectivity index is 1.12. The molecule has 2 aliphatic heterocycles. The topological polar surface area (TPSA) is 119 Å². The number of ether oxygens (including phenoxy) is 11. The van der Waals surface area contributed by atoms with Crippen LogP contribution in [0.15, 0.2) is 182 Å². The van der Waals surface area contributed by atoms with Crippen molar-refractivity contribution in [2.75, 3.05) is 20.3 Å². The lowest BCUT2D eigenvalue weighted by Crippen LogP contribution is -2.64. The van der Waals surface area contributed by atoms with Gasteiger partial charge < -0.3 is 52.1 Å². The lowest BCUT2D eigenvalue weighted by molar-refractivity contribution is -0.348. The van der Waals surface area contributed by atoms with Gasteiger partial charge in [0.25, 0.3) is 0 Å². The van der Waals surface area contributed by atoms with Crippen LogP contribution in [0.1, 0.15) is 40.3 Å². The summed E-state index contributed by atoms with van der Waals surface area (Å²) < 4.78 is 73.1. The standard InChI is InChI=1S/C57H62O12/c1-41(58)67-51-48(39-60-33-42-21-9-3-10-22-42)69-57(55(65-38-47-31-19-8-20-32-47)53(51)63-36-45-27-15-6-16-28-45)66-40-49-50(61-34-43-23-11-4-12-24-43)52(62-35-44-25-13-5-14-26-44)54(56(59-2)68-49)64-37-46-29-17-7-18-30-46/h3-32,48-57H,33-40H2,1-2H3/t48-,49-,50-,51+,52+,53+,54-,55-,56+,57-/m1/s1. The van der Waals surface area contributed by atoms with Crippen LogP contribution in [0.5, 0.6) is 0 Å². The summed E-state index contributed by atoms with van der Waals surface area (Å²) in [4.78, 5) is 12.9. The number of rotatable bonds is 24. The van der Waals surface area contributed by atoms with Crippen LogP contribution in [0.25, 0.3) is 0 Å². The molecule has 0 aromatic heterocycles. The van der Waals surface area contributed by atoms with Gasteiger partial charge in [0.1, 0.15) is 42.7 Å². The summed E-state index contributed by atoms with van der Waals surface area (Å²) in [6.45, 7) is 2.85. The third-order valence-corrected chi connectivity index (χ3v) is 12.0. The number of carbonyl (C=O) groups is 1. The molecule has 0 bridgehead atoms. The van der Waals surface area contributed by atoms with Gasteiger partial charge in [-0.15, -0.1) is 0 Å². The van der Waals surface area contributed by atoms with E-state index in [-0.39, 0.29) is 46.2 Å². The molecule has 0 amide bonds. The van der Waals surface area contributed by atoms with E-state index in [0.717, 1.165) is 33.4 Å². The fraction of sp³-hybridized carbons (Fsp3) is 0.351. The summed E-state index contributed by atoms with van der Waals surface area (Å²) >= 11 is 0. The molecule has 0 N–H and O–H groups in total. The van der Waals surface area contributed by atoms with E-state index in [1.807, 2.05) is 182 Å². The van der Waals surface area contributed by atoms with Gasteiger partial charge in [-0.3, -0.25) is 4.79 Å². The zero-order valence-electron chi connectivity index (χ0n) is 39.1. The molecular formula is C57H62O12. The second kappa shape index (κ2) is 26.4. The first-order valence-electron chi connectivity index (χ1n) is 23.5. The molecule has 12 nitrogen and oxygen atoms in total.